The summed E-state index contributed by atoms with van der Waals surface area (Å²) in [6.45, 7) is 3.33. The Labute approximate surface area is 60.6 Å². The molecule has 0 aliphatic carbocycles. The predicted molar refractivity (Wildman–Crippen MR) is 39.6 cm³/mol. The summed E-state index contributed by atoms with van der Waals surface area (Å²) in [6.07, 6.45) is 1.04. The van der Waals surface area contributed by atoms with Crippen LogP contribution < -0.4 is 0 Å². The van der Waals surface area contributed by atoms with Gasteiger partial charge in [-0.15, -0.1) is 0 Å². The maximum Gasteiger partial charge on any atom is 0.219 e. The molecule has 0 aromatic carbocycles. The average Bonchev–Trinajstić information content (AvgIpc) is 2.14. The van der Waals surface area contributed by atoms with E-state index >= 15 is 0 Å². The van der Waals surface area contributed by atoms with Crippen LogP contribution in [0.3, 0.4) is 0 Å². The standard InChI is InChI=1S/C6H11NOS/c1-5(8)7-3-2-6(9)4-7/h6,9H,2-4H2,1H3. The second-order valence-corrected chi connectivity index (χ2v) is 3.14. The molecule has 1 aliphatic rings. The topological polar surface area (TPSA) is 20.3 Å². The van der Waals surface area contributed by atoms with Crippen LogP contribution in [-0.2, 0) is 4.79 Å². The molecule has 0 aromatic rings. The van der Waals surface area contributed by atoms with Crippen molar-refractivity contribution in [1.82, 2.24) is 4.90 Å². The molecule has 0 spiro atoms. The van der Waals surface area contributed by atoms with Crippen LogP contribution in [-0.4, -0.2) is 29.1 Å². The summed E-state index contributed by atoms with van der Waals surface area (Å²) < 4.78 is 0. The first-order chi connectivity index (χ1) is 4.20. The van der Waals surface area contributed by atoms with Crippen LogP contribution in [0.1, 0.15) is 13.3 Å². The number of carbonyl (C=O) groups is 1. The van der Waals surface area contributed by atoms with Crippen LogP contribution in [0.15, 0.2) is 0 Å². The molecular formula is C6H11NOS. The zero-order valence-corrected chi connectivity index (χ0v) is 6.40. The summed E-state index contributed by atoms with van der Waals surface area (Å²) in [5.74, 6) is 0.173. The molecule has 1 atom stereocenters. The Bertz CT molecular complexity index is 126. The number of thiol groups is 1. The van der Waals surface area contributed by atoms with Gasteiger partial charge >= 0.3 is 0 Å². The molecule has 1 heterocycles. The second kappa shape index (κ2) is 2.60. The SMILES string of the molecule is CC(=O)N1CCC(S)C1. The summed E-state index contributed by atoms with van der Waals surface area (Å²) in [5.41, 5.74) is 0. The maximum atomic E-state index is 10.7. The van der Waals surface area contributed by atoms with Crippen LogP contribution in [0.4, 0.5) is 0 Å². The Kier molecular flexibility index (Phi) is 2.01. The number of rotatable bonds is 0. The van der Waals surface area contributed by atoms with Crippen molar-refractivity contribution in [2.45, 2.75) is 18.6 Å². The van der Waals surface area contributed by atoms with E-state index in [4.69, 9.17) is 0 Å². The average molecular weight is 145 g/mol. The van der Waals surface area contributed by atoms with Crippen LogP contribution in [0.5, 0.6) is 0 Å². The van der Waals surface area contributed by atoms with E-state index in [2.05, 4.69) is 12.6 Å². The van der Waals surface area contributed by atoms with Crippen molar-refractivity contribution in [3.8, 4) is 0 Å². The zero-order valence-electron chi connectivity index (χ0n) is 5.50. The third kappa shape index (κ3) is 1.61. The summed E-state index contributed by atoms with van der Waals surface area (Å²) in [5, 5.41) is 0.411. The number of carbonyl (C=O) groups excluding carboxylic acids is 1. The Morgan fingerprint density at radius 1 is 1.78 bits per heavy atom. The molecule has 1 amide bonds. The normalized spacial score (nSPS) is 26.9. The van der Waals surface area contributed by atoms with E-state index in [0.717, 1.165) is 19.5 Å². The van der Waals surface area contributed by atoms with Gasteiger partial charge in [0.05, 0.1) is 0 Å². The highest BCUT2D eigenvalue weighted by Gasteiger charge is 2.20. The molecule has 9 heavy (non-hydrogen) atoms. The van der Waals surface area contributed by atoms with Crippen molar-refractivity contribution in [2.75, 3.05) is 13.1 Å². The Morgan fingerprint density at radius 2 is 2.44 bits per heavy atom. The fourth-order valence-corrected chi connectivity index (χ4v) is 1.34. The molecule has 0 aromatic heterocycles. The van der Waals surface area contributed by atoms with Gasteiger partial charge in [-0.2, -0.15) is 12.6 Å². The fraction of sp³-hybridized carbons (Fsp3) is 0.833. The summed E-state index contributed by atoms with van der Waals surface area (Å²) >= 11 is 4.25. The molecule has 1 unspecified atom stereocenters. The van der Waals surface area contributed by atoms with Gasteiger partial charge in [0.1, 0.15) is 0 Å². The lowest BCUT2D eigenvalue weighted by atomic mass is 10.4. The van der Waals surface area contributed by atoms with E-state index in [0.29, 0.717) is 5.25 Å². The number of hydrogen-bond acceptors (Lipinski definition) is 2. The Balaban J connectivity index is 2.39. The maximum absolute atomic E-state index is 10.7. The van der Waals surface area contributed by atoms with Crippen molar-refractivity contribution in [3.63, 3.8) is 0 Å². The minimum atomic E-state index is 0.173. The van der Waals surface area contributed by atoms with Gasteiger partial charge in [0, 0.05) is 25.3 Å². The van der Waals surface area contributed by atoms with E-state index in [1.807, 2.05) is 4.90 Å². The van der Waals surface area contributed by atoms with Crippen molar-refractivity contribution >= 4 is 18.5 Å². The summed E-state index contributed by atoms with van der Waals surface area (Å²) in [6, 6.07) is 0. The quantitative estimate of drug-likeness (QED) is 0.493. The lowest BCUT2D eigenvalue weighted by molar-refractivity contribution is -0.127. The molecule has 52 valence electrons. The lowest BCUT2D eigenvalue weighted by Crippen LogP contribution is -2.25. The Hall–Kier alpha value is -0.180. The fourth-order valence-electron chi connectivity index (χ4n) is 1.03. The molecule has 0 N–H and O–H groups in total. The van der Waals surface area contributed by atoms with Gasteiger partial charge in [-0.05, 0) is 6.42 Å². The molecule has 0 saturated carbocycles. The Morgan fingerprint density at radius 3 is 2.67 bits per heavy atom. The molecule has 3 heteroatoms. The van der Waals surface area contributed by atoms with Gasteiger partial charge in [-0.3, -0.25) is 4.79 Å². The van der Waals surface area contributed by atoms with Crippen LogP contribution in [0.25, 0.3) is 0 Å². The molecule has 0 radical (unpaired) electrons. The zero-order chi connectivity index (χ0) is 6.85. The first-order valence-electron chi connectivity index (χ1n) is 3.13. The van der Waals surface area contributed by atoms with Gasteiger partial charge in [-0.1, -0.05) is 0 Å². The molecule has 1 saturated heterocycles. The molecule has 0 bridgehead atoms. The highest BCUT2D eigenvalue weighted by molar-refractivity contribution is 7.81. The number of nitrogens with zero attached hydrogens (tertiary/aromatic N) is 1. The number of likely N-dealkylation sites (tertiary alicyclic amines) is 1. The van der Waals surface area contributed by atoms with Gasteiger partial charge in [0.25, 0.3) is 0 Å². The molecular weight excluding hydrogens is 134 g/mol. The largest absolute Gasteiger partial charge is 0.342 e. The van der Waals surface area contributed by atoms with Crippen LogP contribution in [0.2, 0.25) is 0 Å². The van der Waals surface area contributed by atoms with Crippen molar-refractivity contribution < 1.29 is 4.79 Å². The highest BCUT2D eigenvalue weighted by atomic mass is 32.1. The first kappa shape index (κ1) is 6.93. The van der Waals surface area contributed by atoms with Crippen LogP contribution in [0, 0.1) is 0 Å². The number of hydrogen-bond donors (Lipinski definition) is 1. The van der Waals surface area contributed by atoms with Crippen molar-refractivity contribution in [1.29, 1.82) is 0 Å². The lowest BCUT2D eigenvalue weighted by Gasteiger charge is -2.11. The summed E-state index contributed by atoms with van der Waals surface area (Å²) in [4.78, 5) is 12.5. The molecule has 2 nitrogen and oxygen atoms in total. The van der Waals surface area contributed by atoms with Gasteiger partial charge in [0.2, 0.25) is 5.91 Å². The molecule has 1 aliphatic heterocycles. The molecule has 1 fully saturated rings. The van der Waals surface area contributed by atoms with E-state index in [9.17, 15) is 4.79 Å². The first-order valence-corrected chi connectivity index (χ1v) is 3.65. The van der Waals surface area contributed by atoms with Crippen molar-refractivity contribution in [2.24, 2.45) is 0 Å². The predicted octanol–water partition coefficient (Wildman–Crippen LogP) is 0.537. The number of amides is 1. The minimum absolute atomic E-state index is 0.173. The van der Waals surface area contributed by atoms with Gasteiger partial charge in [-0.25, -0.2) is 0 Å². The highest BCUT2D eigenvalue weighted by Crippen LogP contribution is 2.13. The second-order valence-electron chi connectivity index (χ2n) is 2.41. The monoisotopic (exact) mass is 145 g/mol. The van der Waals surface area contributed by atoms with Gasteiger partial charge < -0.3 is 4.90 Å². The van der Waals surface area contributed by atoms with Crippen LogP contribution >= 0.6 is 12.6 Å². The van der Waals surface area contributed by atoms with E-state index in [1.165, 1.54) is 0 Å². The minimum Gasteiger partial charge on any atom is -0.342 e. The van der Waals surface area contributed by atoms with E-state index in [1.54, 1.807) is 6.92 Å². The summed E-state index contributed by atoms with van der Waals surface area (Å²) in [7, 11) is 0. The van der Waals surface area contributed by atoms with Crippen molar-refractivity contribution in [3.05, 3.63) is 0 Å². The third-order valence-corrected chi connectivity index (χ3v) is 2.03. The van der Waals surface area contributed by atoms with E-state index < -0.39 is 0 Å². The smallest absolute Gasteiger partial charge is 0.219 e. The van der Waals surface area contributed by atoms with Gasteiger partial charge in [0.15, 0.2) is 0 Å². The third-order valence-electron chi connectivity index (χ3n) is 1.61. The molecule has 1 rings (SSSR count). The van der Waals surface area contributed by atoms with E-state index in [-0.39, 0.29) is 5.91 Å².